The molecule has 0 bridgehead atoms. The van der Waals surface area contributed by atoms with Crippen molar-refractivity contribution in [3.8, 4) is 0 Å². The summed E-state index contributed by atoms with van der Waals surface area (Å²) in [6, 6.07) is 6.80. The minimum Gasteiger partial charge on any atom is -0.444 e. The highest BCUT2D eigenvalue weighted by Crippen LogP contribution is 2.41. The Bertz CT molecular complexity index is 882. The molecule has 2 aliphatic rings. The van der Waals surface area contributed by atoms with Crippen molar-refractivity contribution < 1.29 is 14.3 Å². The summed E-state index contributed by atoms with van der Waals surface area (Å²) in [7, 11) is 1.82. The first-order valence-corrected chi connectivity index (χ1v) is 12.7. The molecule has 0 atom stereocenters. The van der Waals surface area contributed by atoms with E-state index < -0.39 is 5.60 Å². The Morgan fingerprint density at radius 2 is 1.62 bits per heavy atom. The first kappa shape index (κ1) is 26.2. The van der Waals surface area contributed by atoms with Crippen molar-refractivity contribution in [2.24, 2.45) is 10.9 Å². The van der Waals surface area contributed by atoms with Gasteiger partial charge in [0.05, 0.1) is 0 Å². The predicted molar refractivity (Wildman–Crippen MR) is 138 cm³/mol. The van der Waals surface area contributed by atoms with Gasteiger partial charge in [0.15, 0.2) is 0 Å². The van der Waals surface area contributed by atoms with Gasteiger partial charge in [-0.3, -0.25) is 0 Å². The zero-order valence-corrected chi connectivity index (χ0v) is 22.2. The lowest BCUT2D eigenvalue weighted by atomic mass is 9.68. The van der Waals surface area contributed by atoms with Crippen molar-refractivity contribution >= 4 is 18.3 Å². The van der Waals surface area contributed by atoms with E-state index in [4.69, 9.17) is 4.74 Å². The minimum absolute atomic E-state index is 0.0996. The number of nitrogens with zero attached hydrogens (tertiary/aromatic N) is 3. The number of hydrogen-bond donors (Lipinski definition) is 0. The molecule has 6 nitrogen and oxygen atoms in total. The van der Waals surface area contributed by atoms with E-state index in [1.54, 1.807) is 9.80 Å². The van der Waals surface area contributed by atoms with Crippen molar-refractivity contribution in [2.45, 2.75) is 97.1 Å². The van der Waals surface area contributed by atoms with E-state index in [-0.39, 0.29) is 23.6 Å². The molecular weight excluding hydrogens is 426 g/mol. The third-order valence-electron chi connectivity index (χ3n) is 7.41. The van der Waals surface area contributed by atoms with Crippen LogP contribution in [0.1, 0.15) is 82.9 Å². The summed E-state index contributed by atoms with van der Waals surface area (Å²) in [6.07, 6.45) is 7.43. The monoisotopic (exact) mass is 469 g/mol. The van der Waals surface area contributed by atoms with Crippen molar-refractivity contribution in [3.63, 3.8) is 0 Å². The number of carbonyl (C=O) groups is 2. The van der Waals surface area contributed by atoms with Crippen molar-refractivity contribution in [3.05, 3.63) is 34.9 Å². The number of ether oxygens (including phenoxy) is 1. The first-order chi connectivity index (χ1) is 15.9. The molecule has 6 heteroatoms. The van der Waals surface area contributed by atoms with Gasteiger partial charge in [0, 0.05) is 32.4 Å². The molecule has 1 aliphatic heterocycles. The van der Waals surface area contributed by atoms with Crippen LogP contribution in [-0.2, 0) is 10.2 Å². The number of rotatable bonds is 3. The van der Waals surface area contributed by atoms with Gasteiger partial charge in [0.25, 0.3) is 0 Å². The third kappa shape index (κ3) is 6.83. The van der Waals surface area contributed by atoms with Crippen LogP contribution in [0.3, 0.4) is 0 Å². The number of amides is 3. The number of aliphatic imine (C=N–C) groups is 1. The fourth-order valence-corrected chi connectivity index (χ4v) is 5.22. The molecule has 0 aromatic heterocycles. The summed E-state index contributed by atoms with van der Waals surface area (Å²) in [5.74, 6) is 0.352. The normalized spacial score (nSPS) is 24.3. The zero-order chi connectivity index (χ0) is 25.1. The topological polar surface area (TPSA) is 62.2 Å². The third-order valence-corrected chi connectivity index (χ3v) is 7.41. The maximum Gasteiger partial charge on any atom is 0.410 e. The lowest BCUT2D eigenvalue weighted by Gasteiger charge is -2.37. The van der Waals surface area contributed by atoms with Crippen LogP contribution in [0.15, 0.2) is 23.2 Å². The van der Waals surface area contributed by atoms with Crippen molar-refractivity contribution in [2.75, 3.05) is 20.1 Å². The highest BCUT2D eigenvalue weighted by Gasteiger charge is 2.33. The van der Waals surface area contributed by atoms with Gasteiger partial charge in [0.2, 0.25) is 0 Å². The summed E-state index contributed by atoms with van der Waals surface area (Å²) in [5.41, 5.74) is 3.79. The number of urea groups is 1. The molecule has 188 valence electrons. The van der Waals surface area contributed by atoms with Gasteiger partial charge in [-0.1, -0.05) is 36.2 Å². The molecule has 3 amide bonds. The lowest BCUT2D eigenvalue weighted by Crippen LogP contribution is -2.48. The van der Waals surface area contributed by atoms with E-state index in [0.717, 1.165) is 38.5 Å². The van der Waals surface area contributed by atoms with E-state index in [1.807, 2.05) is 34.0 Å². The van der Waals surface area contributed by atoms with Gasteiger partial charge >= 0.3 is 12.1 Å². The molecule has 1 heterocycles. The largest absolute Gasteiger partial charge is 0.444 e. The molecule has 0 spiro atoms. The number of hydrogen-bond acceptors (Lipinski definition) is 3. The second kappa shape index (κ2) is 10.5. The van der Waals surface area contributed by atoms with Crippen LogP contribution in [-0.4, -0.2) is 59.9 Å². The Balaban J connectivity index is 1.47. The Morgan fingerprint density at radius 3 is 2.15 bits per heavy atom. The fraction of sp³-hybridized carbons (Fsp3) is 0.679. The van der Waals surface area contributed by atoms with Crippen molar-refractivity contribution in [1.82, 2.24) is 9.80 Å². The molecular formula is C28H43N3O3. The van der Waals surface area contributed by atoms with E-state index in [2.05, 4.69) is 44.0 Å². The molecule has 34 heavy (non-hydrogen) atoms. The average Bonchev–Trinajstić information content (AvgIpc) is 2.76. The molecule has 1 aromatic carbocycles. The lowest BCUT2D eigenvalue weighted by molar-refractivity contribution is 0.0174. The molecule has 2 fully saturated rings. The standard InChI is InChI=1S/C28H43N3O3/c1-20-16-21(2)18-23(17-20)28(6)12-8-22(9-13-28)19-29-25(32)30(7)24-10-14-31(15-11-24)26(33)34-27(3,4)5/h16-19,22,24H,8-15H2,1-7H3/b29-19-. The molecule has 1 saturated heterocycles. The average molecular weight is 470 g/mol. The number of benzene rings is 1. The Labute approximate surface area is 205 Å². The molecule has 0 N–H and O–H groups in total. The van der Waals surface area contributed by atoms with Gasteiger partial charge < -0.3 is 14.5 Å². The van der Waals surface area contributed by atoms with Gasteiger partial charge in [-0.2, -0.15) is 0 Å². The fourth-order valence-electron chi connectivity index (χ4n) is 5.22. The Hall–Kier alpha value is -2.37. The first-order valence-electron chi connectivity index (χ1n) is 12.7. The number of piperidine rings is 1. The van der Waals surface area contributed by atoms with Gasteiger partial charge in [-0.25, -0.2) is 14.6 Å². The highest BCUT2D eigenvalue weighted by molar-refractivity contribution is 5.84. The number of aryl methyl sites for hydroxylation is 2. The van der Waals surface area contributed by atoms with E-state index in [9.17, 15) is 9.59 Å². The molecule has 1 aromatic rings. The molecule has 3 rings (SSSR count). The van der Waals surface area contributed by atoms with Crippen LogP contribution < -0.4 is 0 Å². The quantitative estimate of drug-likeness (QED) is 0.490. The summed E-state index contributed by atoms with van der Waals surface area (Å²) >= 11 is 0. The van der Waals surface area contributed by atoms with Crippen LogP contribution in [0.2, 0.25) is 0 Å². The second-order valence-corrected chi connectivity index (χ2v) is 11.6. The summed E-state index contributed by atoms with van der Waals surface area (Å²) < 4.78 is 5.46. The maximum absolute atomic E-state index is 12.7. The van der Waals surface area contributed by atoms with E-state index in [0.29, 0.717) is 19.0 Å². The Kier molecular flexibility index (Phi) is 8.10. The van der Waals surface area contributed by atoms with Crippen LogP contribution >= 0.6 is 0 Å². The van der Waals surface area contributed by atoms with Crippen LogP contribution in [0, 0.1) is 19.8 Å². The van der Waals surface area contributed by atoms with Crippen LogP contribution in [0.5, 0.6) is 0 Å². The van der Waals surface area contributed by atoms with Crippen LogP contribution in [0.25, 0.3) is 0 Å². The molecule has 1 saturated carbocycles. The summed E-state index contributed by atoms with van der Waals surface area (Å²) in [4.78, 5) is 32.8. The van der Waals surface area contributed by atoms with E-state index in [1.165, 1.54) is 16.7 Å². The van der Waals surface area contributed by atoms with E-state index >= 15 is 0 Å². The SMILES string of the molecule is Cc1cc(C)cc(C2(C)CCC(/C=N\C(=O)N(C)C3CCN(C(=O)OC(C)(C)C)CC3)CC2)c1. The number of carbonyl (C=O) groups excluding carboxylic acids is 2. The highest BCUT2D eigenvalue weighted by atomic mass is 16.6. The van der Waals surface area contributed by atoms with Crippen LogP contribution in [0.4, 0.5) is 9.59 Å². The summed E-state index contributed by atoms with van der Waals surface area (Å²) in [6.45, 7) is 13.5. The Morgan fingerprint density at radius 1 is 1.06 bits per heavy atom. The van der Waals surface area contributed by atoms with Gasteiger partial charge in [-0.05, 0) is 90.0 Å². The van der Waals surface area contributed by atoms with Gasteiger partial charge in [0.1, 0.15) is 5.60 Å². The summed E-state index contributed by atoms with van der Waals surface area (Å²) in [5, 5.41) is 0. The smallest absolute Gasteiger partial charge is 0.410 e. The zero-order valence-electron chi connectivity index (χ0n) is 22.2. The van der Waals surface area contributed by atoms with Gasteiger partial charge in [-0.15, -0.1) is 0 Å². The maximum atomic E-state index is 12.7. The number of likely N-dealkylation sites (tertiary alicyclic amines) is 1. The molecule has 0 unspecified atom stereocenters. The molecule has 0 radical (unpaired) electrons. The second-order valence-electron chi connectivity index (χ2n) is 11.6. The predicted octanol–water partition coefficient (Wildman–Crippen LogP) is 6.27. The van der Waals surface area contributed by atoms with Crippen molar-refractivity contribution in [1.29, 1.82) is 0 Å². The molecule has 1 aliphatic carbocycles. The minimum atomic E-state index is -0.495.